The maximum absolute atomic E-state index is 6.27. The van der Waals surface area contributed by atoms with E-state index in [1.54, 1.807) is 7.11 Å². The number of imidazole rings is 1. The van der Waals surface area contributed by atoms with Crippen LogP contribution in [-0.2, 0) is 0 Å². The van der Waals surface area contributed by atoms with Crippen molar-refractivity contribution in [1.82, 2.24) is 9.38 Å². The Morgan fingerprint density at radius 3 is 2.44 bits per heavy atom. The monoisotopic (exact) mass is 377 g/mol. The maximum Gasteiger partial charge on any atom is 0.143 e. The van der Waals surface area contributed by atoms with Crippen molar-refractivity contribution in [2.24, 2.45) is 0 Å². The second kappa shape index (κ2) is 6.97. The number of ether oxygens (including phenoxy) is 1. The SMILES string of the molecule is COc1ccccc1-c1nc2ccc(Cl)cn2c1Nc1c(C)cccc1C. The Labute approximate surface area is 163 Å². The van der Waals surface area contributed by atoms with Gasteiger partial charge in [-0.1, -0.05) is 41.9 Å². The minimum Gasteiger partial charge on any atom is -0.496 e. The summed E-state index contributed by atoms with van der Waals surface area (Å²) in [7, 11) is 1.67. The molecule has 0 saturated heterocycles. The zero-order chi connectivity index (χ0) is 19.0. The summed E-state index contributed by atoms with van der Waals surface area (Å²) in [5.74, 6) is 1.63. The number of pyridine rings is 1. The van der Waals surface area contributed by atoms with Gasteiger partial charge in [-0.25, -0.2) is 4.98 Å². The van der Waals surface area contributed by atoms with Crippen molar-refractivity contribution in [3.8, 4) is 17.0 Å². The van der Waals surface area contributed by atoms with Gasteiger partial charge < -0.3 is 10.1 Å². The second-order valence-electron chi connectivity index (χ2n) is 6.48. The van der Waals surface area contributed by atoms with E-state index in [0.29, 0.717) is 5.02 Å². The molecule has 5 heteroatoms. The molecule has 2 aromatic heterocycles. The number of benzene rings is 2. The minimum absolute atomic E-state index is 0.649. The van der Waals surface area contributed by atoms with Gasteiger partial charge in [-0.3, -0.25) is 4.40 Å². The van der Waals surface area contributed by atoms with Crippen molar-refractivity contribution >= 4 is 28.8 Å². The zero-order valence-corrected chi connectivity index (χ0v) is 16.2. The molecule has 2 heterocycles. The predicted molar refractivity (Wildman–Crippen MR) is 111 cm³/mol. The van der Waals surface area contributed by atoms with Crippen LogP contribution >= 0.6 is 11.6 Å². The van der Waals surface area contributed by atoms with Crippen LogP contribution in [0, 0.1) is 13.8 Å². The summed E-state index contributed by atoms with van der Waals surface area (Å²) in [6, 6.07) is 17.9. The van der Waals surface area contributed by atoms with Gasteiger partial charge in [0.05, 0.1) is 12.1 Å². The van der Waals surface area contributed by atoms with Crippen molar-refractivity contribution in [2.75, 3.05) is 12.4 Å². The number of hydrogen-bond acceptors (Lipinski definition) is 3. The average molecular weight is 378 g/mol. The number of aryl methyl sites for hydroxylation is 2. The molecule has 4 nitrogen and oxygen atoms in total. The van der Waals surface area contributed by atoms with Crippen molar-refractivity contribution in [1.29, 1.82) is 0 Å². The first-order valence-corrected chi connectivity index (χ1v) is 9.10. The fourth-order valence-electron chi connectivity index (χ4n) is 3.30. The molecule has 0 aliphatic carbocycles. The lowest BCUT2D eigenvalue weighted by molar-refractivity contribution is 0.416. The lowest BCUT2D eigenvalue weighted by atomic mass is 10.1. The second-order valence-corrected chi connectivity index (χ2v) is 6.91. The van der Waals surface area contributed by atoms with Gasteiger partial charge in [0.25, 0.3) is 0 Å². The van der Waals surface area contributed by atoms with Crippen LogP contribution in [0.3, 0.4) is 0 Å². The molecule has 1 N–H and O–H groups in total. The standard InChI is InChI=1S/C22H20ClN3O/c1-14-7-6-8-15(2)20(14)25-22-21(17-9-4-5-10-18(17)27-3)24-19-12-11-16(23)13-26(19)22/h4-13,25H,1-3H3. The highest BCUT2D eigenvalue weighted by Crippen LogP contribution is 2.37. The molecular formula is C22H20ClN3O. The van der Waals surface area contributed by atoms with Gasteiger partial charge in [0, 0.05) is 17.4 Å². The van der Waals surface area contributed by atoms with Crippen LogP contribution in [0.15, 0.2) is 60.8 Å². The highest BCUT2D eigenvalue weighted by atomic mass is 35.5. The van der Waals surface area contributed by atoms with Crippen LogP contribution in [0.2, 0.25) is 5.02 Å². The number of fused-ring (bicyclic) bond motifs is 1. The highest BCUT2D eigenvalue weighted by molar-refractivity contribution is 6.30. The van der Waals surface area contributed by atoms with Crippen molar-refractivity contribution < 1.29 is 4.74 Å². The lowest BCUT2D eigenvalue weighted by Crippen LogP contribution is -2.01. The fraction of sp³-hybridized carbons (Fsp3) is 0.136. The van der Waals surface area contributed by atoms with E-state index in [1.165, 1.54) is 0 Å². The fourth-order valence-corrected chi connectivity index (χ4v) is 3.46. The van der Waals surface area contributed by atoms with E-state index in [-0.39, 0.29) is 0 Å². The van der Waals surface area contributed by atoms with Crippen LogP contribution in [0.5, 0.6) is 5.75 Å². The largest absolute Gasteiger partial charge is 0.496 e. The number of nitrogens with one attached hydrogen (secondary N) is 1. The smallest absolute Gasteiger partial charge is 0.143 e. The number of anilines is 2. The van der Waals surface area contributed by atoms with Crippen LogP contribution in [0.1, 0.15) is 11.1 Å². The summed E-state index contributed by atoms with van der Waals surface area (Å²) in [6.07, 6.45) is 1.87. The Morgan fingerprint density at radius 1 is 0.963 bits per heavy atom. The summed E-state index contributed by atoms with van der Waals surface area (Å²) in [4.78, 5) is 4.85. The van der Waals surface area contributed by atoms with Crippen LogP contribution in [-0.4, -0.2) is 16.5 Å². The molecule has 0 aliphatic rings. The minimum atomic E-state index is 0.649. The first-order chi connectivity index (χ1) is 13.1. The van der Waals surface area contributed by atoms with Gasteiger partial charge in [0.2, 0.25) is 0 Å². The molecule has 0 spiro atoms. The van der Waals surface area contributed by atoms with E-state index in [4.69, 9.17) is 21.3 Å². The number of rotatable bonds is 4. The van der Waals surface area contributed by atoms with Crippen LogP contribution in [0.25, 0.3) is 16.9 Å². The van der Waals surface area contributed by atoms with Gasteiger partial charge in [-0.15, -0.1) is 0 Å². The summed E-state index contributed by atoms with van der Waals surface area (Å²) >= 11 is 6.27. The molecule has 0 radical (unpaired) electrons. The molecular weight excluding hydrogens is 358 g/mol. The molecule has 0 aliphatic heterocycles. The Kier molecular flexibility index (Phi) is 4.50. The van der Waals surface area contributed by atoms with E-state index in [1.807, 2.05) is 47.0 Å². The molecule has 4 aromatic rings. The Bertz CT molecular complexity index is 1110. The maximum atomic E-state index is 6.27. The number of nitrogens with zero attached hydrogens (tertiary/aromatic N) is 2. The van der Waals surface area contributed by atoms with Gasteiger partial charge in [0.1, 0.15) is 22.9 Å². The third-order valence-corrected chi connectivity index (χ3v) is 4.89. The summed E-state index contributed by atoms with van der Waals surface area (Å²) < 4.78 is 7.55. The summed E-state index contributed by atoms with van der Waals surface area (Å²) in [5, 5.41) is 4.24. The molecule has 0 saturated carbocycles. The number of hydrogen-bond donors (Lipinski definition) is 1. The third kappa shape index (κ3) is 3.13. The summed E-state index contributed by atoms with van der Waals surface area (Å²) in [5.41, 5.74) is 5.95. The third-order valence-electron chi connectivity index (χ3n) is 4.67. The topological polar surface area (TPSA) is 38.6 Å². The van der Waals surface area contributed by atoms with Crippen molar-refractivity contribution in [2.45, 2.75) is 13.8 Å². The molecule has 2 aromatic carbocycles. The van der Waals surface area contributed by atoms with Crippen LogP contribution in [0.4, 0.5) is 11.5 Å². The highest BCUT2D eigenvalue weighted by Gasteiger charge is 2.18. The van der Waals surface area contributed by atoms with E-state index in [9.17, 15) is 0 Å². The lowest BCUT2D eigenvalue weighted by Gasteiger charge is -2.15. The van der Waals surface area contributed by atoms with Crippen molar-refractivity contribution in [3.05, 3.63) is 76.9 Å². The molecule has 0 unspecified atom stereocenters. The van der Waals surface area contributed by atoms with E-state index in [0.717, 1.165) is 45.3 Å². The van der Waals surface area contributed by atoms with Gasteiger partial charge in [-0.2, -0.15) is 0 Å². The van der Waals surface area contributed by atoms with Gasteiger partial charge in [0.15, 0.2) is 0 Å². The Hall–Kier alpha value is -2.98. The molecule has 4 rings (SSSR count). The van der Waals surface area contributed by atoms with E-state index >= 15 is 0 Å². The Balaban J connectivity index is 1.98. The molecule has 27 heavy (non-hydrogen) atoms. The van der Waals surface area contributed by atoms with Gasteiger partial charge in [-0.05, 0) is 49.2 Å². The number of para-hydroxylation sites is 2. The van der Waals surface area contributed by atoms with Crippen LogP contribution < -0.4 is 10.1 Å². The molecule has 0 atom stereocenters. The summed E-state index contributed by atoms with van der Waals surface area (Å²) in [6.45, 7) is 4.18. The molecule has 0 bridgehead atoms. The zero-order valence-electron chi connectivity index (χ0n) is 15.5. The van der Waals surface area contributed by atoms with Gasteiger partial charge >= 0.3 is 0 Å². The number of halogens is 1. The molecule has 0 amide bonds. The normalized spacial score (nSPS) is 11.0. The Morgan fingerprint density at radius 2 is 1.70 bits per heavy atom. The number of methoxy groups -OCH3 is 1. The van der Waals surface area contributed by atoms with Crippen molar-refractivity contribution in [3.63, 3.8) is 0 Å². The molecule has 136 valence electrons. The first-order valence-electron chi connectivity index (χ1n) is 8.72. The number of aromatic nitrogens is 2. The average Bonchev–Trinajstić information content (AvgIpc) is 3.02. The van der Waals surface area contributed by atoms with E-state index in [2.05, 4.69) is 37.4 Å². The molecule has 0 fully saturated rings. The first kappa shape index (κ1) is 17.4. The predicted octanol–water partition coefficient (Wildman–Crippen LogP) is 6.02. The quantitative estimate of drug-likeness (QED) is 0.472. The van der Waals surface area contributed by atoms with E-state index < -0.39 is 0 Å².